The minimum absolute atomic E-state index is 0.0428. The van der Waals surface area contributed by atoms with Crippen LogP contribution < -0.4 is 15.5 Å². The normalized spacial score (nSPS) is 17.6. The second-order valence-corrected chi connectivity index (χ2v) is 9.74. The zero-order chi connectivity index (χ0) is 24.1. The first kappa shape index (κ1) is 24.0. The van der Waals surface area contributed by atoms with Crippen molar-refractivity contribution in [3.63, 3.8) is 0 Å². The Morgan fingerprint density at radius 1 is 1.03 bits per heavy atom. The van der Waals surface area contributed by atoms with Crippen LogP contribution in [-0.2, 0) is 11.3 Å². The van der Waals surface area contributed by atoms with E-state index in [1.54, 1.807) is 0 Å². The number of urea groups is 1. The maximum absolute atomic E-state index is 13.6. The van der Waals surface area contributed by atoms with Crippen molar-refractivity contribution in [3.05, 3.63) is 53.5 Å². The molecule has 2 heterocycles. The minimum Gasteiger partial charge on any atom is -0.353 e. The van der Waals surface area contributed by atoms with E-state index < -0.39 is 5.54 Å². The molecule has 1 saturated heterocycles. The third-order valence-corrected chi connectivity index (χ3v) is 6.78. The van der Waals surface area contributed by atoms with Crippen molar-refractivity contribution in [2.75, 3.05) is 31.1 Å². The maximum atomic E-state index is 13.6. The summed E-state index contributed by atoms with van der Waals surface area (Å²) >= 11 is 0. The molecule has 1 aromatic heterocycles. The van der Waals surface area contributed by atoms with E-state index in [0.717, 1.165) is 48.8 Å². The van der Waals surface area contributed by atoms with Gasteiger partial charge >= 0.3 is 6.03 Å². The number of aryl methyl sites for hydroxylation is 1. The van der Waals surface area contributed by atoms with E-state index >= 15 is 0 Å². The van der Waals surface area contributed by atoms with Crippen LogP contribution >= 0.6 is 0 Å². The topological polar surface area (TPSA) is 90.5 Å². The Balaban J connectivity index is 1.37. The van der Waals surface area contributed by atoms with Crippen molar-refractivity contribution >= 4 is 17.8 Å². The van der Waals surface area contributed by atoms with E-state index in [1.807, 2.05) is 48.2 Å². The molecule has 8 heteroatoms. The van der Waals surface area contributed by atoms with Crippen molar-refractivity contribution in [3.8, 4) is 0 Å². The number of hydrogen-bond donors (Lipinski definition) is 2. The molecule has 8 nitrogen and oxygen atoms in total. The molecule has 2 aromatic rings. The van der Waals surface area contributed by atoms with E-state index in [0.29, 0.717) is 32.5 Å². The summed E-state index contributed by atoms with van der Waals surface area (Å²) in [6.45, 7) is 9.30. The quantitative estimate of drug-likeness (QED) is 0.684. The highest BCUT2D eigenvalue weighted by Gasteiger charge is 2.45. The Hall–Kier alpha value is -3.16. The number of carbonyl (C=O) groups is 2. The fraction of sp³-hybridized carbons (Fsp3) is 0.538. The number of carbonyl (C=O) groups excluding carboxylic acids is 2. The molecule has 34 heavy (non-hydrogen) atoms. The van der Waals surface area contributed by atoms with Crippen LogP contribution in [-0.4, -0.2) is 58.5 Å². The second kappa shape index (κ2) is 10.4. The predicted molar refractivity (Wildman–Crippen MR) is 133 cm³/mol. The van der Waals surface area contributed by atoms with Gasteiger partial charge in [-0.15, -0.1) is 0 Å². The highest BCUT2D eigenvalue weighted by Crippen LogP contribution is 2.32. The van der Waals surface area contributed by atoms with Gasteiger partial charge in [-0.2, -0.15) is 0 Å². The lowest BCUT2D eigenvalue weighted by Gasteiger charge is -2.40. The highest BCUT2D eigenvalue weighted by molar-refractivity contribution is 5.91. The molecule has 0 bridgehead atoms. The van der Waals surface area contributed by atoms with Crippen LogP contribution in [0.2, 0.25) is 0 Å². The first-order valence-electron chi connectivity index (χ1n) is 12.4. The monoisotopic (exact) mass is 464 g/mol. The number of aromatic nitrogens is 2. The molecule has 3 amide bonds. The van der Waals surface area contributed by atoms with Crippen LogP contribution in [0.1, 0.15) is 62.5 Å². The van der Waals surface area contributed by atoms with Crippen molar-refractivity contribution in [1.82, 2.24) is 25.5 Å². The summed E-state index contributed by atoms with van der Waals surface area (Å²) in [7, 11) is 0. The molecular weight excluding hydrogens is 428 g/mol. The van der Waals surface area contributed by atoms with Gasteiger partial charge in [-0.3, -0.25) is 4.79 Å². The van der Waals surface area contributed by atoms with Gasteiger partial charge in [0.1, 0.15) is 17.2 Å². The van der Waals surface area contributed by atoms with Gasteiger partial charge in [-0.25, -0.2) is 14.8 Å². The van der Waals surface area contributed by atoms with Gasteiger partial charge in [0.15, 0.2) is 0 Å². The number of amides is 3. The molecule has 0 radical (unpaired) electrons. The van der Waals surface area contributed by atoms with Gasteiger partial charge in [-0.1, -0.05) is 57.0 Å². The van der Waals surface area contributed by atoms with Crippen LogP contribution in [0.4, 0.5) is 10.6 Å². The number of nitrogens with one attached hydrogen (secondary N) is 2. The van der Waals surface area contributed by atoms with E-state index in [9.17, 15) is 9.59 Å². The Morgan fingerprint density at radius 2 is 1.71 bits per heavy atom. The first-order chi connectivity index (χ1) is 16.4. The molecule has 1 aliphatic carbocycles. The fourth-order valence-corrected chi connectivity index (χ4v) is 4.85. The van der Waals surface area contributed by atoms with Crippen molar-refractivity contribution in [2.45, 2.75) is 64.5 Å². The Morgan fingerprint density at radius 3 is 2.35 bits per heavy atom. The summed E-state index contributed by atoms with van der Waals surface area (Å²) in [6.07, 6.45) is 3.27. The van der Waals surface area contributed by atoms with Crippen LogP contribution in [0.15, 0.2) is 36.4 Å². The number of benzene rings is 1. The number of piperazine rings is 1. The van der Waals surface area contributed by atoms with Gasteiger partial charge in [-0.05, 0) is 25.3 Å². The van der Waals surface area contributed by atoms with Gasteiger partial charge in [0.2, 0.25) is 5.91 Å². The molecule has 1 aliphatic heterocycles. The SMILES string of the molecule is Cc1cc(N2CCN(C(=O)C3(NC(=O)NCc4ccccc4)CCCC3)CC2)nc(C(C)C)n1. The third-order valence-electron chi connectivity index (χ3n) is 6.78. The van der Waals surface area contributed by atoms with Crippen LogP contribution in [0, 0.1) is 6.92 Å². The highest BCUT2D eigenvalue weighted by atomic mass is 16.2. The van der Waals surface area contributed by atoms with Gasteiger partial charge in [0.25, 0.3) is 0 Å². The molecule has 2 N–H and O–H groups in total. The lowest BCUT2D eigenvalue weighted by molar-refractivity contribution is -0.138. The summed E-state index contributed by atoms with van der Waals surface area (Å²) in [6, 6.07) is 11.5. The predicted octanol–water partition coefficient (Wildman–Crippen LogP) is 3.37. The van der Waals surface area contributed by atoms with E-state index in [4.69, 9.17) is 4.98 Å². The van der Waals surface area contributed by atoms with Crippen molar-refractivity contribution < 1.29 is 9.59 Å². The van der Waals surface area contributed by atoms with Gasteiger partial charge in [0.05, 0.1) is 0 Å². The molecule has 0 spiro atoms. The molecule has 0 unspecified atom stereocenters. The minimum atomic E-state index is -0.806. The van der Waals surface area contributed by atoms with Crippen LogP contribution in [0.25, 0.3) is 0 Å². The molecule has 0 atom stereocenters. The standard InChI is InChI=1S/C26H36N6O2/c1-19(2)23-28-20(3)17-22(29-23)31-13-15-32(16-14-31)24(33)26(11-7-8-12-26)30-25(34)27-18-21-9-5-4-6-10-21/h4-6,9-10,17,19H,7-8,11-16,18H2,1-3H3,(H2,27,30,34). The molecule has 2 fully saturated rings. The number of rotatable bonds is 6. The largest absolute Gasteiger partial charge is 0.353 e. The summed E-state index contributed by atoms with van der Waals surface area (Å²) in [5.74, 6) is 2.09. The van der Waals surface area contributed by atoms with Gasteiger partial charge < -0.3 is 20.4 Å². The second-order valence-electron chi connectivity index (χ2n) is 9.74. The third kappa shape index (κ3) is 5.48. The zero-order valence-electron chi connectivity index (χ0n) is 20.5. The lowest BCUT2D eigenvalue weighted by atomic mass is 9.95. The summed E-state index contributed by atoms with van der Waals surface area (Å²) in [5.41, 5.74) is 1.18. The van der Waals surface area contributed by atoms with Crippen LogP contribution in [0.3, 0.4) is 0 Å². The number of anilines is 1. The summed E-state index contributed by atoms with van der Waals surface area (Å²) in [4.78, 5) is 39.8. The lowest BCUT2D eigenvalue weighted by Crippen LogP contribution is -2.62. The molecular formula is C26H36N6O2. The molecule has 4 rings (SSSR count). The zero-order valence-corrected chi connectivity index (χ0v) is 20.5. The average molecular weight is 465 g/mol. The van der Waals surface area contributed by atoms with E-state index in [1.165, 1.54) is 0 Å². The first-order valence-corrected chi connectivity index (χ1v) is 12.4. The van der Waals surface area contributed by atoms with Crippen molar-refractivity contribution in [2.24, 2.45) is 0 Å². The van der Waals surface area contributed by atoms with Gasteiger partial charge in [0, 0.05) is 50.4 Å². The average Bonchev–Trinajstić information content (AvgIpc) is 3.32. The molecule has 1 aromatic carbocycles. The van der Waals surface area contributed by atoms with Crippen LogP contribution in [0.5, 0.6) is 0 Å². The molecule has 182 valence electrons. The van der Waals surface area contributed by atoms with Crippen molar-refractivity contribution in [1.29, 1.82) is 0 Å². The smallest absolute Gasteiger partial charge is 0.315 e. The number of hydrogen-bond acceptors (Lipinski definition) is 5. The summed E-state index contributed by atoms with van der Waals surface area (Å²) in [5, 5.41) is 5.97. The summed E-state index contributed by atoms with van der Waals surface area (Å²) < 4.78 is 0. The molecule has 2 aliphatic rings. The van der Waals surface area contributed by atoms with E-state index in [-0.39, 0.29) is 17.9 Å². The Bertz CT molecular complexity index is 996. The Labute approximate surface area is 202 Å². The van der Waals surface area contributed by atoms with E-state index in [2.05, 4.69) is 34.4 Å². The maximum Gasteiger partial charge on any atom is 0.315 e. The fourth-order valence-electron chi connectivity index (χ4n) is 4.85. The molecule has 1 saturated carbocycles. The Kier molecular flexibility index (Phi) is 7.34. The number of nitrogens with zero attached hydrogens (tertiary/aromatic N) is 4.